The number of nitrogens with zero attached hydrogens (tertiary/aromatic N) is 1. The molecule has 5 rings (SSSR count). The highest BCUT2D eigenvalue weighted by Crippen LogP contribution is 2.38. The van der Waals surface area contributed by atoms with Crippen molar-refractivity contribution in [3.05, 3.63) is 64.3 Å². The summed E-state index contributed by atoms with van der Waals surface area (Å²) in [6.45, 7) is 0. The number of nitrogens with one attached hydrogen (secondary N) is 2. The molecule has 3 atom stereocenters. The summed E-state index contributed by atoms with van der Waals surface area (Å²) in [6.07, 6.45) is 3.20. The van der Waals surface area contributed by atoms with Crippen molar-refractivity contribution in [2.45, 2.75) is 50.5 Å². The van der Waals surface area contributed by atoms with Gasteiger partial charge in [0.2, 0.25) is 5.91 Å². The number of halogens is 1. The van der Waals surface area contributed by atoms with Gasteiger partial charge in [0, 0.05) is 40.6 Å². The summed E-state index contributed by atoms with van der Waals surface area (Å²) in [4.78, 5) is 42.3. The summed E-state index contributed by atoms with van der Waals surface area (Å²) in [7, 11) is 1.58. The topological polar surface area (TPSA) is 112 Å². The van der Waals surface area contributed by atoms with Crippen LogP contribution in [0.3, 0.4) is 0 Å². The fourth-order valence-electron chi connectivity index (χ4n) is 5.31. The maximum Gasteiger partial charge on any atom is 0.224 e. The molecule has 2 N–H and O–H groups in total. The van der Waals surface area contributed by atoms with Crippen LogP contribution in [0.4, 0.5) is 0 Å². The summed E-state index contributed by atoms with van der Waals surface area (Å²) in [5.74, 6) is -0.379. The average molecular weight is 518 g/mol. The first-order valence-electron chi connectivity index (χ1n) is 12.6. The number of benzene rings is 2. The summed E-state index contributed by atoms with van der Waals surface area (Å²) in [5.41, 5.74) is 2.95. The lowest BCUT2D eigenvalue weighted by molar-refractivity contribution is -0.126. The number of ketones is 2. The molecule has 0 radical (unpaired) electrons. The van der Waals surface area contributed by atoms with Gasteiger partial charge in [-0.1, -0.05) is 36.6 Å². The maximum absolute atomic E-state index is 13.3. The third kappa shape index (κ3) is 5.40. The number of amides is 1. The zero-order valence-corrected chi connectivity index (χ0v) is 21.3. The average Bonchev–Trinajstić information content (AvgIpc) is 3.50. The van der Waals surface area contributed by atoms with Gasteiger partial charge in [0.15, 0.2) is 5.78 Å². The predicted octanol–water partition coefficient (Wildman–Crippen LogP) is 5.13. The minimum atomic E-state index is -0.836. The minimum Gasteiger partial charge on any atom is -0.496 e. The Hall–Kier alpha value is -3.63. The van der Waals surface area contributed by atoms with Crippen LogP contribution in [-0.2, 0) is 16.0 Å². The second kappa shape index (κ2) is 10.4. The number of ether oxygens (including phenoxy) is 1. The van der Waals surface area contributed by atoms with E-state index in [1.165, 1.54) is 0 Å². The lowest BCUT2D eigenvalue weighted by Crippen LogP contribution is -2.40. The van der Waals surface area contributed by atoms with Crippen molar-refractivity contribution in [2.24, 2.45) is 11.8 Å². The molecule has 0 unspecified atom stereocenters. The molecule has 0 aliphatic heterocycles. The van der Waals surface area contributed by atoms with E-state index in [9.17, 15) is 19.6 Å². The lowest BCUT2D eigenvalue weighted by atomic mass is 9.91. The fraction of sp³-hybridized carbons (Fsp3) is 0.379. The van der Waals surface area contributed by atoms with Crippen molar-refractivity contribution < 1.29 is 19.1 Å². The van der Waals surface area contributed by atoms with Crippen molar-refractivity contribution >= 4 is 40.0 Å². The zero-order chi connectivity index (χ0) is 26.1. The van der Waals surface area contributed by atoms with E-state index in [2.05, 4.69) is 16.4 Å². The van der Waals surface area contributed by atoms with E-state index in [1.54, 1.807) is 25.3 Å². The van der Waals surface area contributed by atoms with Gasteiger partial charge in [0.25, 0.3) is 0 Å². The Morgan fingerprint density at radius 3 is 2.76 bits per heavy atom. The van der Waals surface area contributed by atoms with E-state index in [0.717, 1.165) is 34.9 Å². The van der Waals surface area contributed by atoms with Crippen molar-refractivity contribution in [3.63, 3.8) is 0 Å². The van der Waals surface area contributed by atoms with Crippen molar-refractivity contribution in [1.29, 1.82) is 5.26 Å². The molecule has 1 fully saturated rings. The molecule has 1 amide bonds. The van der Waals surface area contributed by atoms with Crippen LogP contribution in [0.15, 0.2) is 42.5 Å². The van der Waals surface area contributed by atoms with Gasteiger partial charge in [0.1, 0.15) is 17.6 Å². The number of carbonyl (C=O) groups is 3. The monoisotopic (exact) mass is 517 g/mol. The Labute approximate surface area is 220 Å². The molecule has 2 aliphatic rings. The number of methoxy groups -OCH3 is 1. The molecule has 8 heteroatoms. The van der Waals surface area contributed by atoms with Gasteiger partial charge < -0.3 is 15.0 Å². The molecule has 2 aromatic carbocycles. The number of aromatic nitrogens is 1. The quantitative estimate of drug-likeness (QED) is 0.362. The molecule has 0 bridgehead atoms. The molecule has 3 aromatic rings. The smallest absolute Gasteiger partial charge is 0.224 e. The largest absolute Gasteiger partial charge is 0.496 e. The van der Waals surface area contributed by atoms with Gasteiger partial charge in [-0.15, -0.1) is 0 Å². The van der Waals surface area contributed by atoms with E-state index >= 15 is 0 Å². The summed E-state index contributed by atoms with van der Waals surface area (Å²) in [6, 6.07) is 14.0. The molecule has 1 aromatic heterocycles. The van der Waals surface area contributed by atoms with Crippen molar-refractivity contribution in [2.75, 3.05) is 7.11 Å². The van der Waals surface area contributed by atoms with E-state index in [4.69, 9.17) is 16.3 Å². The number of hydrogen-bond donors (Lipinski definition) is 2. The van der Waals surface area contributed by atoms with E-state index in [-0.39, 0.29) is 36.7 Å². The Balaban J connectivity index is 1.29. The SMILES string of the molecule is COc1cccc2[nH]c(C(=O)C[C@@H](CC3CC3)C(=O)N[C@H](C#N)C[C@H]3C(=O)Cc4cc(Cl)ccc43)cc12. The van der Waals surface area contributed by atoms with Crippen LogP contribution < -0.4 is 10.1 Å². The molecule has 190 valence electrons. The predicted molar refractivity (Wildman–Crippen MR) is 140 cm³/mol. The van der Waals surface area contributed by atoms with E-state index in [1.807, 2.05) is 24.3 Å². The summed E-state index contributed by atoms with van der Waals surface area (Å²) >= 11 is 6.07. The highest BCUT2D eigenvalue weighted by molar-refractivity contribution is 6.30. The summed E-state index contributed by atoms with van der Waals surface area (Å²) < 4.78 is 5.39. The number of nitriles is 1. The maximum atomic E-state index is 13.3. The number of hydrogen-bond acceptors (Lipinski definition) is 5. The van der Waals surface area contributed by atoms with Crippen LogP contribution in [0.1, 0.15) is 59.6 Å². The second-order valence-corrected chi connectivity index (χ2v) is 10.5. The van der Waals surface area contributed by atoms with Gasteiger partial charge in [-0.2, -0.15) is 5.26 Å². The Kier molecular flexibility index (Phi) is 7.03. The molecular weight excluding hydrogens is 490 g/mol. The molecule has 1 saturated carbocycles. The Bertz CT molecular complexity index is 1420. The number of rotatable bonds is 10. The van der Waals surface area contributed by atoms with Crippen molar-refractivity contribution in [3.8, 4) is 11.8 Å². The van der Waals surface area contributed by atoms with Gasteiger partial charge in [-0.05, 0) is 60.2 Å². The first-order chi connectivity index (χ1) is 17.9. The van der Waals surface area contributed by atoms with Crippen LogP contribution in [0.25, 0.3) is 10.9 Å². The number of fused-ring (bicyclic) bond motifs is 2. The van der Waals surface area contributed by atoms with Gasteiger partial charge in [-0.3, -0.25) is 14.4 Å². The fourth-order valence-corrected chi connectivity index (χ4v) is 5.50. The highest BCUT2D eigenvalue weighted by Gasteiger charge is 2.35. The molecule has 2 aliphatic carbocycles. The molecular formula is C29H28ClN3O4. The molecule has 7 nitrogen and oxygen atoms in total. The van der Waals surface area contributed by atoms with Crippen LogP contribution in [0.5, 0.6) is 5.75 Å². The molecule has 1 heterocycles. The third-order valence-corrected chi connectivity index (χ3v) is 7.67. The van der Waals surface area contributed by atoms with Gasteiger partial charge in [0.05, 0.1) is 18.9 Å². The van der Waals surface area contributed by atoms with Crippen molar-refractivity contribution in [1.82, 2.24) is 10.3 Å². The van der Waals surface area contributed by atoms with Crippen LogP contribution >= 0.6 is 11.6 Å². The number of H-pyrrole nitrogens is 1. The number of aromatic amines is 1. The van der Waals surface area contributed by atoms with Gasteiger partial charge in [-0.25, -0.2) is 0 Å². The zero-order valence-electron chi connectivity index (χ0n) is 20.6. The molecule has 0 saturated heterocycles. The standard InChI is InChI=1S/C29H28ClN3O4/c1-37-28-4-2-3-24-23(28)14-25(33-24)27(35)12-18(9-16-5-6-16)29(36)32-20(15-31)13-22-21-8-7-19(30)10-17(21)11-26(22)34/h2-4,7-8,10,14,16,18,20,22,33H,5-6,9,11-13H2,1H3,(H,32,36)/t18-,20+,22-/m1/s1. The first-order valence-corrected chi connectivity index (χ1v) is 12.9. The molecule has 37 heavy (non-hydrogen) atoms. The van der Waals surface area contributed by atoms with Gasteiger partial charge >= 0.3 is 0 Å². The van der Waals surface area contributed by atoms with Crippen LogP contribution in [0.2, 0.25) is 5.02 Å². The Morgan fingerprint density at radius 1 is 1.22 bits per heavy atom. The first kappa shape index (κ1) is 25.0. The number of Topliss-reactive ketones (excluding diaryl/α,β-unsaturated/α-hetero) is 2. The third-order valence-electron chi connectivity index (χ3n) is 7.44. The Morgan fingerprint density at radius 2 is 2.03 bits per heavy atom. The minimum absolute atomic E-state index is 0.0192. The second-order valence-electron chi connectivity index (χ2n) is 10.1. The van der Waals surface area contributed by atoms with E-state index < -0.39 is 17.9 Å². The highest BCUT2D eigenvalue weighted by atomic mass is 35.5. The number of carbonyl (C=O) groups excluding carboxylic acids is 3. The molecule has 0 spiro atoms. The van der Waals surface area contributed by atoms with E-state index in [0.29, 0.717) is 28.8 Å². The lowest BCUT2D eigenvalue weighted by Gasteiger charge is -2.20. The summed E-state index contributed by atoms with van der Waals surface area (Å²) in [5, 5.41) is 14.0. The van der Waals surface area contributed by atoms with Crippen LogP contribution in [-0.4, -0.2) is 35.6 Å². The van der Waals surface area contributed by atoms with Crippen LogP contribution in [0, 0.1) is 23.2 Å². The normalized spacial score (nSPS) is 18.2.